The van der Waals surface area contributed by atoms with Crippen LogP contribution >= 0.6 is 11.8 Å². The van der Waals surface area contributed by atoms with Crippen LogP contribution in [0.25, 0.3) is 0 Å². The maximum absolute atomic E-state index is 13.9. The van der Waals surface area contributed by atoms with Crippen LogP contribution in [0.5, 0.6) is 0 Å². The van der Waals surface area contributed by atoms with Gasteiger partial charge in [0, 0.05) is 26.4 Å². The van der Waals surface area contributed by atoms with Crippen molar-refractivity contribution in [3.05, 3.63) is 0 Å². The number of carbonyl (C=O) groups is 1. The lowest BCUT2D eigenvalue weighted by molar-refractivity contribution is -0.503. The van der Waals surface area contributed by atoms with E-state index in [2.05, 4.69) is 14.2 Å². The summed E-state index contributed by atoms with van der Waals surface area (Å²) in [7, 11) is -0.221. The van der Waals surface area contributed by atoms with Crippen molar-refractivity contribution in [3.63, 3.8) is 0 Å². The summed E-state index contributed by atoms with van der Waals surface area (Å²) in [5.74, 6) is -11.5. The van der Waals surface area contributed by atoms with Crippen molar-refractivity contribution in [2.45, 2.75) is 43.5 Å². The first-order chi connectivity index (χ1) is 11.9. The summed E-state index contributed by atoms with van der Waals surface area (Å²) in [5.41, 5.74) is 0. The molecule has 0 saturated heterocycles. The molecule has 162 valence electrons. The van der Waals surface area contributed by atoms with Crippen molar-refractivity contribution in [2.75, 3.05) is 26.1 Å². The third-order valence-corrected chi connectivity index (χ3v) is 3.66. The maximum Gasteiger partial charge on any atom is 0.457 e. The van der Waals surface area contributed by atoms with Crippen molar-refractivity contribution in [1.29, 1.82) is 0 Å². The second-order valence-electron chi connectivity index (χ2n) is 4.89. The number of thioether (sulfide) groups is 1. The molecule has 0 rings (SSSR count). The normalized spacial score (nSPS) is 18.1. The molecule has 2 unspecified atom stereocenters. The molecule has 4 nitrogen and oxygen atoms in total. The first kappa shape index (κ1) is 26.2. The Kier molecular flexibility index (Phi) is 8.86. The van der Waals surface area contributed by atoms with E-state index in [-0.39, 0.29) is 24.4 Å². The lowest BCUT2D eigenvalue weighted by Crippen LogP contribution is -2.63. The van der Waals surface area contributed by atoms with Gasteiger partial charge in [0.25, 0.3) is 0 Å². The molecule has 15 heteroatoms. The Hall–Kier alpha value is -0.800. The number of carbonyl (C=O) groups excluding carboxylic acids is 1. The molecule has 0 aromatic carbocycles. The monoisotopic (exact) mass is 444 g/mol. The molecule has 0 radical (unpaired) electrons. The van der Waals surface area contributed by atoms with Gasteiger partial charge in [-0.25, -0.2) is 0 Å². The van der Waals surface area contributed by atoms with Gasteiger partial charge in [0.05, 0.1) is 0 Å². The first-order valence-corrected chi connectivity index (χ1v) is 7.77. The fourth-order valence-electron chi connectivity index (χ4n) is 1.42. The quantitative estimate of drug-likeness (QED) is 0.370. The zero-order chi connectivity index (χ0) is 21.7. The highest BCUT2D eigenvalue weighted by atomic mass is 32.2. The Morgan fingerprint density at radius 3 is 1.81 bits per heavy atom. The second-order valence-corrected chi connectivity index (χ2v) is 6.16. The highest BCUT2D eigenvalue weighted by Crippen LogP contribution is 2.50. The van der Waals surface area contributed by atoms with Gasteiger partial charge in [-0.1, -0.05) is 11.8 Å². The van der Waals surface area contributed by atoms with Crippen molar-refractivity contribution in [3.8, 4) is 0 Å². The molecule has 0 aliphatic carbocycles. The van der Waals surface area contributed by atoms with E-state index in [4.69, 9.17) is 0 Å². The predicted molar refractivity (Wildman–Crippen MR) is 71.4 cm³/mol. The SMILES string of the molecule is COC(F)(C(F)(F)F)C(F)(F)OC(F)(COCCCSC(C)=O)C(F)(F)F. The summed E-state index contributed by atoms with van der Waals surface area (Å²) < 4.78 is 139. The molecule has 0 spiro atoms. The van der Waals surface area contributed by atoms with Crippen LogP contribution in [0, 0.1) is 0 Å². The maximum atomic E-state index is 13.9. The molecule has 0 aromatic heterocycles. The van der Waals surface area contributed by atoms with Gasteiger partial charge in [0.1, 0.15) is 6.61 Å². The number of methoxy groups -OCH3 is 1. The molecule has 0 fully saturated rings. The molecule has 27 heavy (non-hydrogen) atoms. The van der Waals surface area contributed by atoms with Gasteiger partial charge in [-0.2, -0.15) is 43.9 Å². The summed E-state index contributed by atoms with van der Waals surface area (Å²) in [6.07, 6.45) is -19.4. The topological polar surface area (TPSA) is 44.8 Å². The standard InChI is InChI=1S/C12H14F10O4S/c1-7(23)27-5-3-4-25-6-8(13,10(15,16)17)26-12(21,22)9(14,24-2)11(18,19)20/h3-6H2,1-2H3. The van der Waals surface area contributed by atoms with Crippen LogP contribution in [-0.4, -0.2) is 61.4 Å². The first-order valence-electron chi connectivity index (χ1n) is 6.79. The summed E-state index contributed by atoms with van der Waals surface area (Å²) in [4.78, 5) is 10.6. The highest BCUT2D eigenvalue weighted by Gasteiger charge is 2.78. The molecule has 2 atom stereocenters. The number of alkyl halides is 10. The number of hydrogen-bond acceptors (Lipinski definition) is 5. The van der Waals surface area contributed by atoms with Gasteiger partial charge in [-0.05, 0) is 6.42 Å². The van der Waals surface area contributed by atoms with Crippen LogP contribution in [0.3, 0.4) is 0 Å². The van der Waals surface area contributed by atoms with Crippen LogP contribution in [0.1, 0.15) is 13.3 Å². The van der Waals surface area contributed by atoms with Crippen molar-refractivity contribution in [1.82, 2.24) is 0 Å². The fraction of sp³-hybridized carbons (Fsp3) is 0.917. The Labute approximate surface area is 150 Å². The molecule has 0 aromatic rings. The van der Waals surface area contributed by atoms with Gasteiger partial charge in [0.2, 0.25) is 0 Å². The second kappa shape index (κ2) is 9.13. The van der Waals surface area contributed by atoms with Crippen LogP contribution in [-0.2, 0) is 19.0 Å². The average molecular weight is 444 g/mol. The van der Waals surface area contributed by atoms with Crippen LogP contribution in [0.4, 0.5) is 43.9 Å². The van der Waals surface area contributed by atoms with Crippen molar-refractivity contribution < 1.29 is 62.9 Å². The third kappa shape index (κ3) is 6.64. The molecule has 0 N–H and O–H groups in total. The predicted octanol–water partition coefficient (Wildman–Crippen LogP) is 4.38. The van der Waals surface area contributed by atoms with Crippen LogP contribution in [0.2, 0.25) is 0 Å². The highest BCUT2D eigenvalue weighted by molar-refractivity contribution is 8.13. The molecule has 0 aliphatic rings. The molecule has 0 heterocycles. The van der Waals surface area contributed by atoms with Gasteiger partial charge in [-0.3, -0.25) is 9.53 Å². The van der Waals surface area contributed by atoms with E-state index in [0.717, 1.165) is 11.8 Å². The van der Waals surface area contributed by atoms with E-state index in [9.17, 15) is 48.7 Å². The summed E-state index contributed by atoms with van der Waals surface area (Å²) in [6.45, 7) is -1.81. The minimum absolute atomic E-state index is 0.0307. The minimum atomic E-state index is -6.55. The van der Waals surface area contributed by atoms with Gasteiger partial charge in [0.15, 0.2) is 5.12 Å². The number of halogens is 10. The van der Waals surface area contributed by atoms with Crippen LogP contribution < -0.4 is 0 Å². The zero-order valence-corrected chi connectivity index (χ0v) is 14.5. The smallest absolute Gasteiger partial charge is 0.375 e. The zero-order valence-electron chi connectivity index (χ0n) is 13.6. The molecular weight excluding hydrogens is 430 g/mol. The van der Waals surface area contributed by atoms with Crippen molar-refractivity contribution >= 4 is 16.9 Å². The van der Waals surface area contributed by atoms with Gasteiger partial charge in [-0.15, -0.1) is 0 Å². The molecule has 0 bridgehead atoms. The Bertz CT molecular complexity index is 498. The van der Waals surface area contributed by atoms with E-state index in [1.807, 2.05) is 0 Å². The molecule has 0 amide bonds. The van der Waals surface area contributed by atoms with Gasteiger partial charge >= 0.3 is 30.2 Å². The van der Waals surface area contributed by atoms with E-state index in [0.29, 0.717) is 0 Å². The number of hydrogen-bond donors (Lipinski definition) is 0. The molecule has 0 saturated carbocycles. The molecule has 0 aliphatic heterocycles. The number of ether oxygens (including phenoxy) is 3. The Morgan fingerprint density at radius 2 is 1.44 bits per heavy atom. The average Bonchev–Trinajstić information content (AvgIpc) is 2.46. The van der Waals surface area contributed by atoms with Crippen LogP contribution in [0.15, 0.2) is 0 Å². The largest absolute Gasteiger partial charge is 0.457 e. The lowest BCUT2D eigenvalue weighted by atomic mass is 10.2. The fourth-order valence-corrected chi connectivity index (χ4v) is 1.97. The van der Waals surface area contributed by atoms with Crippen molar-refractivity contribution in [2.24, 2.45) is 0 Å². The summed E-state index contributed by atoms with van der Waals surface area (Å²) in [6, 6.07) is 0. The third-order valence-electron chi connectivity index (χ3n) is 2.76. The minimum Gasteiger partial charge on any atom is -0.375 e. The lowest BCUT2D eigenvalue weighted by Gasteiger charge is -2.37. The molecular formula is C12H14F10O4S. The summed E-state index contributed by atoms with van der Waals surface area (Å²) >= 11 is 0.737. The Balaban J connectivity index is 5.27. The van der Waals surface area contributed by atoms with E-state index >= 15 is 0 Å². The number of rotatable bonds is 10. The van der Waals surface area contributed by atoms with Gasteiger partial charge < -0.3 is 9.47 Å². The van der Waals surface area contributed by atoms with E-state index in [1.165, 1.54) is 6.92 Å². The van der Waals surface area contributed by atoms with E-state index < -0.39 is 43.4 Å². The Morgan fingerprint density at radius 1 is 0.926 bits per heavy atom. The summed E-state index contributed by atoms with van der Waals surface area (Å²) in [5, 5.41) is -0.348. The van der Waals surface area contributed by atoms with E-state index in [1.54, 1.807) is 0 Å².